The van der Waals surface area contributed by atoms with Gasteiger partial charge in [-0.05, 0) is 12.0 Å². The molecule has 1 unspecified atom stereocenters. The number of hydrogen-bond acceptors (Lipinski definition) is 5. The van der Waals surface area contributed by atoms with Crippen LogP contribution in [0.15, 0.2) is 30.3 Å². The minimum Gasteiger partial charge on any atom is -0.464 e. The number of amides is 1. The van der Waals surface area contributed by atoms with E-state index in [9.17, 15) is 9.59 Å². The summed E-state index contributed by atoms with van der Waals surface area (Å²) in [5, 5.41) is 2.62. The zero-order valence-corrected chi connectivity index (χ0v) is 18.7. The maximum absolute atomic E-state index is 12.5. The fraction of sp³-hybridized carbons (Fsp3) is 0.667. The van der Waals surface area contributed by atoms with E-state index < -0.39 is 18.1 Å². The zero-order chi connectivity index (χ0) is 21.9. The lowest BCUT2D eigenvalue weighted by molar-refractivity contribution is -0.146. The van der Waals surface area contributed by atoms with Gasteiger partial charge in [0.2, 0.25) is 0 Å². The number of ether oxygens (including phenoxy) is 3. The van der Waals surface area contributed by atoms with Gasteiger partial charge in [0.1, 0.15) is 12.6 Å². The second-order valence-electron chi connectivity index (χ2n) is 7.51. The van der Waals surface area contributed by atoms with Crippen molar-refractivity contribution < 1.29 is 23.8 Å². The smallest absolute Gasteiger partial charge is 0.407 e. The predicted molar refractivity (Wildman–Crippen MR) is 118 cm³/mol. The van der Waals surface area contributed by atoms with Crippen LogP contribution in [0.5, 0.6) is 0 Å². The van der Waals surface area contributed by atoms with E-state index in [0.717, 1.165) is 18.4 Å². The lowest BCUT2D eigenvalue weighted by atomic mass is 10.1. The van der Waals surface area contributed by atoms with Crippen LogP contribution in [0.2, 0.25) is 0 Å². The van der Waals surface area contributed by atoms with Crippen LogP contribution in [0.1, 0.15) is 70.3 Å². The van der Waals surface area contributed by atoms with Crippen LogP contribution in [0.25, 0.3) is 0 Å². The first-order chi connectivity index (χ1) is 14.7. The van der Waals surface area contributed by atoms with Crippen LogP contribution in [-0.2, 0) is 25.4 Å². The van der Waals surface area contributed by atoms with E-state index in [0.29, 0.717) is 19.6 Å². The summed E-state index contributed by atoms with van der Waals surface area (Å²) >= 11 is 0. The maximum Gasteiger partial charge on any atom is 0.407 e. The summed E-state index contributed by atoms with van der Waals surface area (Å²) in [7, 11) is 1.53. The monoisotopic (exact) mass is 421 g/mol. The van der Waals surface area contributed by atoms with Gasteiger partial charge in [-0.3, -0.25) is 0 Å². The number of hydrogen-bond donors (Lipinski definition) is 1. The molecule has 0 fully saturated rings. The number of nitrogens with one attached hydrogen (secondary N) is 1. The van der Waals surface area contributed by atoms with E-state index in [1.807, 2.05) is 30.3 Å². The van der Waals surface area contributed by atoms with Crippen LogP contribution in [0, 0.1) is 0 Å². The Balaban J connectivity index is 2.33. The Kier molecular flexibility index (Phi) is 15.4. The number of carbonyl (C=O) groups is 2. The van der Waals surface area contributed by atoms with Gasteiger partial charge in [0.05, 0.1) is 13.2 Å². The van der Waals surface area contributed by atoms with Gasteiger partial charge in [-0.15, -0.1) is 0 Å². The second kappa shape index (κ2) is 17.8. The summed E-state index contributed by atoms with van der Waals surface area (Å²) in [5.41, 5.74) is 0.944. The number of benzene rings is 1. The first-order valence-electron chi connectivity index (χ1n) is 11.3. The van der Waals surface area contributed by atoms with Crippen molar-refractivity contribution in [3.8, 4) is 0 Å². The lowest BCUT2D eigenvalue weighted by Gasteiger charge is -2.18. The van der Waals surface area contributed by atoms with Crippen LogP contribution in [0.3, 0.4) is 0 Å². The predicted octanol–water partition coefficient (Wildman–Crippen LogP) is 5.04. The molecule has 0 aromatic heterocycles. The van der Waals surface area contributed by atoms with Crippen molar-refractivity contribution in [1.29, 1.82) is 0 Å². The van der Waals surface area contributed by atoms with Crippen molar-refractivity contribution in [2.75, 3.05) is 26.9 Å². The quantitative estimate of drug-likeness (QED) is 0.282. The minimum absolute atomic E-state index is 0.133. The molecule has 0 saturated carbocycles. The van der Waals surface area contributed by atoms with Crippen molar-refractivity contribution in [3.05, 3.63) is 35.9 Å². The third-order valence-corrected chi connectivity index (χ3v) is 4.87. The Hall–Kier alpha value is -2.08. The van der Waals surface area contributed by atoms with Gasteiger partial charge < -0.3 is 19.5 Å². The normalized spacial score (nSPS) is 11.7. The third-order valence-electron chi connectivity index (χ3n) is 4.87. The largest absolute Gasteiger partial charge is 0.464 e. The van der Waals surface area contributed by atoms with Gasteiger partial charge in [0, 0.05) is 13.5 Å². The van der Waals surface area contributed by atoms with Crippen molar-refractivity contribution >= 4 is 12.1 Å². The molecule has 0 aliphatic carbocycles. The van der Waals surface area contributed by atoms with E-state index in [1.165, 1.54) is 52.1 Å². The fourth-order valence-electron chi connectivity index (χ4n) is 3.13. The number of methoxy groups -OCH3 is 1. The fourth-order valence-corrected chi connectivity index (χ4v) is 3.13. The van der Waals surface area contributed by atoms with Crippen molar-refractivity contribution in [1.82, 2.24) is 5.32 Å². The minimum atomic E-state index is -0.777. The molecular weight excluding hydrogens is 382 g/mol. The molecule has 0 aliphatic rings. The van der Waals surface area contributed by atoms with Gasteiger partial charge in [0.15, 0.2) is 0 Å². The van der Waals surface area contributed by atoms with E-state index >= 15 is 0 Å². The summed E-state index contributed by atoms with van der Waals surface area (Å²) in [5.74, 6) is -0.429. The number of carbonyl (C=O) groups excluding carboxylic acids is 2. The van der Waals surface area contributed by atoms with E-state index in [4.69, 9.17) is 14.2 Å². The molecule has 1 atom stereocenters. The molecule has 1 aromatic carbocycles. The van der Waals surface area contributed by atoms with Crippen LogP contribution in [-0.4, -0.2) is 45.0 Å². The Bertz CT molecular complexity index is 564. The highest BCUT2D eigenvalue weighted by Gasteiger charge is 2.23. The number of esters is 1. The van der Waals surface area contributed by atoms with Crippen LogP contribution < -0.4 is 5.32 Å². The first-order valence-corrected chi connectivity index (χ1v) is 11.3. The standard InChI is InChI=1S/C24H39NO5/c1-3-4-5-6-7-8-9-10-14-17-29-23(26)22(20-21-15-12-11-13-16-21)25-24(27)30-19-18-28-2/h11-13,15-16,22H,3-10,14,17-20H2,1-2H3,(H,25,27). The lowest BCUT2D eigenvalue weighted by Crippen LogP contribution is -2.44. The van der Waals surface area contributed by atoms with Gasteiger partial charge >= 0.3 is 12.1 Å². The number of rotatable bonds is 17. The summed E-state index contributed by atoms with van der Waals surface area (Å²) in [4.78, 5) is 24.5. The molecule has 1 amide bonds. The second-order valence-corrected chi connectivity index (χ2v) is 7.51. The highest BCUT2D eigenvalue weighted by Crippen LogP contribution is 2.10. The molecule has 1 aromatic rings. The Morgan fingerprint density at radius 1 is 0.833 bits per heavy atom. The Morgan fingerprint density at radius 2 is 1.47 bits per heavy atom. The highest BCUT2D eigenvalue weighted by molar-refractivity contribution is 5.81. The third kappa shape index (κ3) is 13.2. The summed E-state index contributed by atoms with van der Waals surface area (Å²) in [6.45, 7) is 3.04. The summed E-state index contributed by atoms with van der Waals surface area (Å²) in [6, 6.07) is 8.76. The number of alkyl carbamates (subject to hydrolysis) is 1. The summed E-state index contributed by atoms with van der Waals surface area (Å²) in [6.07, 6.45) is 10.6. The van der Waals surface area contributed by atoms with E-state index in [-0.39, 0.29) is 6.61 Å². The first kappa shape index (κ1) is 26.0. The molecule has 0 bridgehead atoms. The number of unbranched alkanes of at least 4 members (excludes halogenated alkanes) is 8. The molecule has 170 valence electrons. The molecule has 0 heterocycles. The average molecular weight is 422 g/mol. The molecule has 0 aliphatic heterocycles. The molecular formula is C24H39NO5. The topological polar surface area (TPSA) is 73.9 Å². The molecule has 0 spiro atoms. The Labute approximate surface area is 181 Å². The molecule has 1 rings (SSSR count). The molecule has 1 N–H and O–H groups in total. The molecule has 0 radical (unpaired) electrons. The van der Waals surface area contributed by atoms with Crippen LogP contribution in [0.4, 0.5) is 4.79 Å². The van der Waals surface area contributed by atoms with Crippen LogP contribution >= 0.6 is 0 Å². The van der Waals surface area contributed by atoms with Gasteiger partial charge in [-0.25, -0.2) is 9.59 Å². The Morgan fingerprint density at radius 3 is 2.10 bits per heavy atom. The molecule has 6 heteroatoms. The molecule has 6 nitrogen and oxygen atoms in total. The van der Waals surface area contributed by atoms with Gasteiger partial charge in [-0.1, -0.05) is 88.6 Å². The SMILES string of the molecule is CCCCCCCCCCCOC(=O)C(Cc1ccccc1)NC(=O)OCCOC. The van der Waals surface area contributed by atoms with Gasteiger partial charge in [-0.2, -0.15) is 0 Å². The zero-order valence-electron chi connectivity index (χ0n) is 18.7. The maximum atomic E-state index is 12.5. The van der Waals surface area contributed by atoms with E-state index in [2.05, 4.69) is 12.2 Å². The molecule has 30 heavy (non-hydrogen) atoms. The van der Waals surface area contributed by atoms with Crippen molar-refractivity contribution in [3.63, 3.8) is 0 Å². The average Bonchev–Trinajstić information content (AvgIpc) is 2.75. The molecule has 0 saturated heterocycles. The van der Waals surface area contributed by atoms with Crippen molar-refractivity contribution in [2.45, 2.75) is 77.2 Å². The van der Waals surface area contributed by atoms with Crippen molar-refractivity contribution in [2.24, 2.45) is 0 Å². The van der Waals surface area contributed by atoms with E-state index in [1.54, 1.807) is 0 Å². The van der Waals surface area contributed by atoms with Gasteiger partial charge in [0.25, 0.3) is 0 Å². The highest BCUT2D eigenvalue weighted by atomic mass is 16.6. The summed E-state index contributed by atoms with van der Waals surface area (Å²) < 4.78 is 15.3.